The smallest absolute Gasteiger partial charge is 0.336 e. The Morgan fingerprint density at radius 2 is 2.05 bits per heavy atom. The van der Waals surface area contributed by atoms with E-state index in [1.165, 1.54) is 11.8 Å². The van der Waals surface area contributed by atoms with Crippen LogP contribution in [-0.2, 0) is 4.79 Å². The SMILES string of the molecule is CC1CCN(C(=O)CSc2ccc(Br)c(C(=O)O)c2)CC1. The first-order valence-electron chi connectivity index (χ1n) is 6.91. The number of amides is 1. The number of rotatable bonds is 4. The molecule has 0 bridgehead atoms. The van der Waals surface area contributed by atoms with Crippen LogP contribution in [0.2, 0.25) is 0 Å². The van der Waals surface area contributed by atoms with Gasteiger partial charge in [-0.2, -0.15) is 0 Å². The van der Waals surface area contributed by atoms with Crippen molar-refractivity contribution < 1.29 is 14.7 Å². The summed E-state index contributed by atoms with van der Waals surface area (Å²) in [6.07, 6.45) is 2.13. The normalized spacial score (nSPS) is 16.0. The van der Waals surface area contributed by atoms with Crippen LogP contribution in [-0.4, -0.2) is 40.7 Å². The van der Waals surface area contributed by atoms with Crippen molar-refractivity contribution in [2.45, 2.75) is 24.7 Å². The lowest BCUT2D eigenvalue weighted by molar-refractivity contribution is -0.129. The predicted octanol–water partition coefficient (Wildman–Crippen LogP) is 3.50. The number of nitrogens with zero attached hydrogens (tertiary/aromatic N) is 1. The molecule has 2 rings (SSSR count). The molecular formula is C15H18BrNO3S. The Kier molecular flexibility index (Phi) is 5.70. The third-order valence-corrected chi connectivity index (χ3v) is 5.34. The number of thioether (sulfide) groups is 1. The number of benzene rings is 1. The zero-order valence-electron chi connectivity index (χ0n) is 11.8. The molecule has 0 aromatic heterocycles. The maximum atomic E-state index is 12.1. The minimum Gasteiger partial charge on any atom is -0.478 e. The van der Waals surface area contributed by atoms with E-state index < -0.39 is 5.97 Å². The van der Waals surface area contributed by atoms with Gasteiger partial charge in [0.2, 0.25) is 5.91 Å². The highest BCUT2D eigenvalue weighted by Crippen LogP contribution is 2.26. The van der Waals surface area contributed by atoms with Crippen molar-refractivity contribution in [3.05, 3.63) is 28.2 Å². The summed E-state index contributed by atoms with van der Waals surface area (Å²) in [5.41, 5.74) is 0.222. The summed E-state index contributed by atoms with van der Waals surface area (Å²) in [5, 5.41) is 9.08. The van der Waals surface area contributed by atoms with E-state index >= 15 is 0 Å². The lowest BCUT2D eigenvalue weighted by Crippen LogP contribution is -2.38. The van der Waals surface area contributed by atoms with Gasteiger partial charge in [-0.15, -0.1) is 11.8 Å². The van der Waals surface area contributed by atoms with Gasteiger partial charge < -0.3 is 10.0 Å². The third-order valence-electron chi connectivity index (χ3n) is 3.67. The molecule has 1 aromatic rings. The number of carboxylic acid groups (broad SMARTS) is 1. The van der Waals surface area contributed by atoms with E-state index in [2.05, 4.69) is 22.9 Å². The quantitative estimate of drug-likeness (QED) is 0.822. The average molecular weight is 372 g/mol. The first-order chi connectivity index (χ1) is 9.97. The van der Waals surface area contributed by atoms with Gasteiger partial charge in [-0.05, 0) is 52.9 Å². The van der Waals surface area contributed by atoms with Crippen molar-refractivity contribution >= 4 is 39.6 Å². The van der Waals surface area contributed by atoms with Gasteiger partial charge >= 0.3 is 5.97 Å². The zero-order chi connectivity index (χ0) is 15.4. The molecule has 1 amide bonds. The molecule has 1 aliphatic rings. The molecular weight excluding hydrogens is 354 g/mol. The molecule has 1 aromatic carbocycles. The van der Waals surface area contributed by atoms with E-state index in [-0.39, 0.29) is 11.5 Å². The number of carbonyl (C=O) groups is 2. The van der Waals surface area contributed by atoms with E-state index in [0.29, 0.717) is 16.1 Å². The molecule has 114 valence electrons. The molecule has 1 aliphatic heterocycles. The molecule has 1 fully saturated rings. The van der Waals surface area contributed by atoms with Gasteiger partial charge in [0.25, 0.3) is 0 Å². The van der Waals surface area contributed by atoms with Crippen LogP contribution in [0.5, 0.6) is 0 Å². The minimum absolute atomic E-state index is 0.131. The van der Waals surface area contributed by atoms with Gasteiger partial charge in [-0.3, -0.25) is 4.79 Å². The molecule has 1 saturated heterocycles. The summed E-state index contributed by atoms with van der Waals surface area (Å²) < 4.78 is 0.552. The number of likely N-dealkylation sites (tertiary alicyclic amines) is 1. The van der Waals surface area contributed by atoms with Crippen LogP contribution in [0.15, 0.2) is 27.6 Å². The Hall–Kier alpha value is -1.01. The van der Waals surface area contributed by atoms with Crippen molar-refractivity contribution in [1.82, 2.24) is 4.90 Å². The van der Waals surface area contributed by atoms with Crippen LogP contribution < -0.4 is 0 Å². The number of aromatic carboxylic acids is 1. The highest BCUT2D eigenvalue weighted by molar-refractivity contribution is 9.10. The second-order valence-electron chi connectivity index (χ2n) is 5.30. The van der Waals surface area contributed by atoms with Crippen LogP contribution in [0.1, 0.15) is 30.1 Å². The molecule has 0 unspecified atom stereocenters. The van der Waals surface area contributed by atoms with Crippen LogP contribution in [0.4, 0.5) is 0 Å². The van der Waals surface area contributed by atoms with Gasteiger partial charge in [0.05, 0.1) is 11.3 Å². The predicted molar refractivity (Wildman–Crippen MR) is 86.8 cm³/mol. The Morgan fingerprint density at radius 1 is 1.38 bits per heavy atom. The monoisotopic (exact) mass is 371 g/mol. The molecule has 0 spiro atoms. The summed E-state index contributed by atoms with van der Waals surface area (Å²) in [6.45, 7) is 3.88. The summed E-state index contributed by atoms with van der Waals surface area (Å²) in [4.78, 5) is 25.9. The minimum atomic E-state index is -0.972. The molecule has 6 heteroatoms. The lowest BCUT2D eigenvalue weighted by atomic mass is 9.99. The first-order valence-corrected chi connectivity index (χ1v) is 8.68. The fraction of sp³-hybridized carbons (Fsp3) is 0.467. The third kappa shape index (κ3) is 4.48. The Bertz CT molecular complexity index is 542. The van der Waals surface area contributed by atoms with E-state index in [1.807, 2.05) is 11.0 Å². The number of carboxylic acids is 1. The van der Waals surface area contributed by atoms with E-state index in [9.17, 15) is 9.59 Å². The zero-order valence-corrected chi connectivity index (χ0v) is 14.2. The maximum Gasteiger partial charge on any atom is 0.336 e. The lowest BCUT2D eigenvalue weighted by Gasteiger charge is -2.30. The average Bonchev–Trinajstić information content (AvgIpc) is 2.46. The fourth-order valence-corrected chi connectivity index (χ4v) is 3.51. The molecule has 0 atom stereocenters. The number of hydrogen-bond donors (Lipinski definition) is 1. The first kappa shape index (κ1) is 16.4. The van der Waals surface area contributed by atoms with Gasteiger partial charge in [-0.25, -0.2) is 4.79 Å². The number of carbonyl (C=O) groups excluding carboxylic acids is 1. The second-order valence-corrected chi connectivity index (χ2v) is 7.20. The molecule has 21 heavy (non-hydrogen) atoms. The number of hydrogen-bond acceptors (Lipinski definition) is 3. The van der Waals surface area contributed by atoms with Crippen LogP contribution in [0.3, 0.4) is 0 Å². The van der Waals surface area contributed by atoms with Crippen molar-refractivity contribution in [3.8, 4) is 0 Å². The second kappa shape index (κ2) is 7.31. The Balaban J connectivity index is 1.92. The highest BCUT2D eigenvalue weighted by atomic mass is 79.9. The standard InChI is InChI=1S/C15H18BrNO3S/c1-10-4-6-17(7-5-10)14(18)9-21-11-2-3-13(16)12(8-11)15(19)20/h2-3,8,10H,4-7,9H2,1H3,(H,19,20). The van der Waals surface area contributed by atoms with Crippen molar-refractivity contribution in [3.63, 3.8) is 0 Å². The van der Waals surface area contributed by atoms with Crippen molar-refractivity contribution in [2.24, 2.45) is 5.92 Å². The number of halogens is 1. The van der Waals surface area contributed by atoms with Crippen LogP contribution >= 0.6 is 27.7 Å². The summed E-state index contributed by atoms with van der Waals surface area (Å²) in [7, 11) is 0. The van der Waals surface area contributed by atoms with Gasteiger partial charge in [0, 0.05) is 22.5 Å². The molecule has 1 N–H and O–H groups in total. The summed E-state index contributed by atoms with van der Waals surface area (Å²) in [6, 6.07) is 5.13. The van der Waals surface area contributed by atoms with Gasteiger partial charge in [0.15, 0.2) is 0 Å². The molecule has 0 aliphatic carbocycles. The largest absolute Gasteiger partial charge is 0.478 e. The van der Waals surface area contributed by atoms with Gasteiger partial charge in [-0.1, -0.05) is 6.92 Å². The fourth-order valence-electron chi connectivity index (χ4n) is 2.25. The van der Waals surface area contributed by atoms with E-state index in [0.717, 1.165) is 30.8 Å². The van der Waals surface area contributed by atoms with Crippen LogP contribution in [0, 0.1) is 5.92 Å². The van der Waals surface area contributed by atoms with E-state index in [4.69, 9.17) is 5.11 Å². The Labute approximate surface area is 137 Å². The van der Waals surface area contributed by atoms with Gasteiger partial charge in [0.1, 0.15) is 0 Å². The topological polar surface area (TPSA) is 57.6 Å². The van der Waals surface area contributed by atoms with Crippen LogP contribution in [0.25, 0.3) is 0 Å². The number of piperidine rings is 1. The van der Waals surface area contributed by atoms with E-state index in [1.54, 1.807) is 12.1 Å². The molecule has 4 nitrogen and oxygen atoms in total. The highest BCUT2D eigenvalue weighted by Gasteiger charge is 2.20. The summed E-state index contributed by atoms with van der Waals surface area (Å²) >= 11 is 4.60. The van der Waals surface area contributed by atoms with Crippen molar-refractivity contribution in [1.29, 1.82) is 0 Å². The molecule has 0 saturated carbocycles. The maximum absolute atomic E-state index is 12.1. The molecule has 1 heterocycles. The Morgan fingerprint density at radius 3 is 2.67 bits per heavy atom. The summed E-state index contributed by atoms with van der Waals surface area (Å²) in [5.74, 6) is 0.216. The molecule has 0 radical (unpaired) electrons. The van der Waals surface area contributed by atoms with Crippen molar-refractivity contribution in [2.75, 3.05) is 18.8 Å².